The van der Waals surface area contributed by atoms with E-state index in [9.17, 15) is 17.8 Å². The van der Waals surface area contributed by atoms with Crippen LogP contribution in [0, 0.1) is 0 Å². The minimum atomic E-state index is -4.27. The Morgan fingerprint density at radius 1 is 0.800 bits per heavy atom. The zero-order chi connectivity index (χ0) is 21.8. The maximum atomic E-state index is 11.8. The van der Waals surface area contributed by atoms with Gasteiger partial charge in [0.1, 0.15) is 0 Å². The third-order valence-corrected chi connectivity index (χ3v) is 5.97. The molecule has 0 fully saturated rings. The van der Waals surface area contributed by atoms with Gasteiger partial charge in [0.2, 0.25) is 5.91 Å². The molecule has 0 heterocycles. The van der Waals surface area contributed by atoms with Crippen molar-refractivity contribution in [2.24, 2.45) is 0 Å². The summed E-state index contributed by atoms with van der Waals surface area (Å²) in [4.78, 5) is 13.0. The molecule has 30 heavy (non-hydrogen) atoms. The van der Waals surface area contributed by atoms with Crippen LogP contribution in [0.15, 0.2) is 12.2 Å². The van der Waals surface area contributed by atoms with Crippen molar-refractivity contribution in [3.63, 3.8) is 0 Å². The molecule has 0 aromatic rings. The second kappa shape index (κ2) is 22.9. The molecule has 1 amide bonds. The minimum Gasteiger partial charge on any atom is -0.748 e. The molecule has 0 aromatic heterocycles. The van der Waals surface area contributed by atoms with Crippen LogP contribution >= 0.6 is 0 Å². The fraction of sp³-hybridized carbons (Fsp3) is 0.870. The molecule has 5 nitrogen and oxygen atoms in total. The van der Waals surface area contributed by atoms with Crippen molar-refractivity contribution >= 4 is 16.0 Å². The predicted molar refractivity (Wildman–Crippen MR) is 121 cm³/mol. The van der Waals surface area contributed by atoms with Crippen molar-refractivity contribution in [3.8, 4) is 0 Å². The molecule has 0 aliphatic carbocycles. The van der Waals surface area contributed by atoms with E-state index in [1.807, 2.05) is 6.08 Å². The molecule has 0 unspecified atom stereocenters. The van der Waals surface area contributed by atoms with Gasteiger partial charge in [-0.25, -0.2) is 8.42 Å². The molecular formula is C23H44KNO4S. The minimum absolute atomic E-state index is 0. The Hall–Kier alpha value is 0.756. The molecule has 7 heteroatoms. The number of rotatable bonds is 20. The van der Waals surface area contributed by atoms with Gasteiger partial charge in [-0.3, -0.25) is 4.79 Å². The van der Waals surface area contributed by atoms with E-state index in [1.165, 1.54) is 108 Å². The van der Waals surface area contributed by atoms with Crippen molar-refractivity contribution < 1.29 is 69.1 Å². The van der Waals surface area contributed by atoms with Crippen LogP contribution in [0.4, 0.5) is 0 Å². The predicted octanol–water partition coefficient (Wildman–Crippen LogP) is 2.81. The van der Waals surface area contributed by atoms with Crippen LogP contribution in [0.3, 0.4) is 0 Å². The van der Waals surface area contributed by atoms with Gasteiger partial charge >= 0.3 is 51.4 Å². The summed E-state index contributed by atoms with van der Waals surface area (Å²) < 4.78 is 31.7. The SMILES string of the molecule is CCCCCCCCCCCCCCCCC/C=C/C(=O)N(C)CCS(=O)(=O)[O-].[K+]. The van der Waals surface area contributed by atoms with Crippen LogP contribution in [-0.2, 0) is 14.9 Å². The number of nitrogens with zero attached hydrogens (tertiary/aromatic N) is 1. The van der Waals surface area contributed by atoms with Gasteiger partial charge in [0, 0.05) is 13.6 Å². The van der Waals surface area contributed by atoms with E-state index >= 15 is 0 Å². The van der Waals surface area contributed by atoms with Crippen molar-refractivity contribution in [2.45, 2.75) is 110 Å². The van der Waals surface area contributed by atoms with Crippen molar-refractivity contribution in [1.82, 2.24) is 4.90 Å². The van der Waals surface area contributed by atoms with Crippen LogP contribution < -0.4 is 51.4 Å². The second-order valence-electron chi connectivity index (χ2n) is 8.16. The zero-order valence-electron chi connectivity index (χ0n) is 19.9. The molecule has 0 spiro atoms. The molecule has 0 radical (unpaired) electrons. The first kappa shape index (κ1) is 32.9. The number of carbonyl (C=O) groups excluding carboxylic acids is 1. The molecule has 0 saturated carbocycles. The number of hydrogen-bond donors (Lipinski definition) is 0. The van der Waals surface area contributed by atoms with Crippen molar-refractivity contribution in [2.75, 3.05) is 19.3 Å². The van der Waals surface area contributed by atoms with E-state index in [2.05, 4.69) is 6.92 Å². The molecule has 0 aliphatic rings. The number of amides is 1. The Balaban J connectivity index is 0. The molecule has 0 aromatic carbocycles. The largest absolute Gasteiger partial charge is 1.00 e. The first-order chi connectivity index (χ1) is 13.9. The van der Waals surface area contributed by atoms with E-state index < -0.39 is 15.9 Å². The van der Waals surface area contributed by atoms with Crippen molar-refractivity contribution in [3.05, 3.63) is 12.2 Å². The van der Waals surface area contributed by atoms with Gasteiger partial charge in [0.25, 0.3) is 0 Å². The molecule has 0 aliphatic heterocycles. The van der Waals surface area contributed by atoms with Crippen LogP contribution in [-0.4, -0.2) is 43.1 Å². The average Bonchev–Trinajstić information content (AvgIpc) is 2.67. The van der Waals surface area contributed by atoms with E-state index in [1.54, 1.807) is 0 Å². The van der Waals surface area contributed by atoms with E-state index in [4.69, 9.17) is 0 Å². The van der Waals surface area contributed by atoms with Gasteiger partial charge in [0.15, 0.2) is 0 Å². The van der Waals surface area contributed by atoms with Crippen LogP contribution in [0.25, 0.3) is 0 Å². The second-order valence-corrected chi connectivity index (χ2v) is 9.69. The number of carbonyl (C=O) groups is 1. The summed E-state index contributed by atoms with van der Waals surface area (Å²) in [6.07, 6.45) is 24.2. The summed E-state index contributed by atoms with van der Waals surface area (Å²) >= 11 is 0. The summed E-state index contributed by atoms with van der Waals surface area (Å²) in [5, 5.41) is 0. The quantitative estimate of drug-likeness (QED) is 0.119. The molecule has 0 N–H and O–H groups in total. The molecule has 0 rings (SSSR count). The molecule has 172 valence electrons. The Morgan fingerprint density at radius 2 is 1.20 bits per heavy atom. The average molecular weight is 470 g/mol. The summed E-state index contributed by atoms with van der Waals surface area (Å²) in [6, 6.07) is 0. The third kappa shape index (κ3) is 25.0. The van der Waals surface area contributed by atoms with Gasteiger partial charge < -0.3 is 9.45 Å². The molecule has 0 bridgehead atoms. The van der Waals surface area contributed by atoms with Gasteiger partial charge in [-0.1, -0.05) is 103 Å². The van der Waals surface area contributed by atoms with E-state index in [0.29, 0.717) is 0 Å². The van der Waals surface area contributed by atoms with E-state index in [0.717, 1.165) is 12.8 Å². The maximum Gasteiger partial charge on any atom is 1.00 e. The third-order valence-electron chi connectivity index (χ3n) is 5.29. The molecule has 0 saturated heterocycles. The summed E-state index contributed by atoms with van der Waals surface area (Å²) in [5.41, 5.74) is 0. The van der Waals surface area contributed by atoms with Gasteiger partial charge in [-0.15, -0.1) is 0 Å². The summed E-state index contributed by atoms with van der Waals surface area (Å²) in [7, 11) is -2.77. The standard InChI is InChI=1S/C23H45NO4S.K/c1-3-4-5-6-7-8-9-10-11-12-13-14-15-16-17-18-19-20-23(25)24(2)21-22-29(26,27)28;/h19-20H,3-18,21-22H2,1-2H3,(H,26,27,28);/q;+1/p-1/b20-19+;. The molecular weight excluding hydrogens is 425 g/mol. The number of hydrogen-bond acceptors (Lipinski definition) is 4. The Morgan fingerprint density at radius 3 is 1.60 bits per heavy atom. The fourth-order valence-corrected chi connectivity index (χ4v) is 3.80. The smallest absolute Gasteiger partial charge is 0.748 e. The number of likely N-dealkylation sites (N-methyl/N-ethyl adjacent to an activating group) is 1. The summed E-state index contributed by atoms with van der Waals surface area (Å²) in [6.45, 7) is 2.20. The fourth-order valence-electron chi connectivity index (χ4n) is 3.30. The Labute approximate surface area is 229 Å². The van der Waals surface area contributed by atoms with Gasteiger partial charge in [-0.05, 0) is 18.9 Å². The Bertz CT molecular complexity index is 523. The van der Waals surface area contributed by atoms with Gasteiger partial charge in [0.05, 0.1) is 15.9 Å². The van der Waals surface area contributed by atoms with Crippen LogP contribution in [0.2, 0.25) is 0 Å². The Kier molecular flexibility index (Phi) is 25.2. The van der Waals surface area contributed by atoms with Crippen LogP contribution in [0.1, 0.15) is 110 Å². The summed E-state index contributed by atoms with van der Waals surface area (Å²) in [5.74, 6) is -0.795. The topological polar surface area (TPSA) is 77.5 Å². The first-order valence-electron chi connectivity index (χ1n) is 11.7. The first-order valence-corrected chi connectivity index (χ1v) is 13.3. The van der Waals surface area contributed by atoms with Gasteiger partial charge in [-0.2, -0.15) is 0 Å². The molecule has 0 atom stereocenters. The van der Waals surface area contributed by atoms with Crippen LogP contribution in [0.5, 0.6) is 0 Å². The number of unbranched alkanes of at least 4 members (excludes halogenated alkanes) is 15. The zero-order valence-corrected chi connectivity index (χ0v) is 23.8. The van der Waals surface area contributed by atoms with Crippen molar-refractivity contribution in [1.29, 1.82) is 0 Å². The maximum absolute atomic E-state index is 11.8. The van der Waals surface area contributed by atoms with E-state index in [-0.39, 0.29) is 63.8 Å². The monoisotopic (exact) mass is 469 g/mol. The normalized spacial score (nSPS) is 11.6. The number of allylic oxidation sites excluding steroid dienone is 1.